The molecule has 0 saturated heterocycles. The molecule has 0 atom stereocenters. The van der Waals surface area contributed by atoms with Gasteiger partial charge in [-0.2, -0.15) is 0 Å². The molecule has 10 aromatic carbocycles. The second-order valence-corrected chi connectivity index (χ2v) is 15.3. The molecule has 0 saturated carbocycles. The maximum Gasteiger partial charge on any atom is 0.143 e. The second-order valence-electron chi connectivity index (χ2n) is 15.3. The molecule has 1 heterocycles. The van der Waals surface area contributed by atoms with Crippen molar-refractivity contribution in [2.45, 2.75) is 13.8 Å². The first-order valence-electron chi connectivity index (χ1n) is 19.8. The summed E-state index contributed by atoms with van der Waals surface area (Å²) in [6.45, 7) is 4.45. The van der Waals surface area contributed by atoms with Gasteiger partial charge in [0.05, 0.1) is 0 Å². The van der Waals surface area contributed by atoms with Crippen molar-refractivity contribution in [3.8, 4) is 55.6 Å². The number of hydrogen-bond donors (Lipinski definition) is 0. The molecule has 0 aliphatic rings. The zero-order chi connectivity index (χ0) is 38.0. The molecule has 0 radical (unpaired) electrons. The first-order chi connectivity index (χ1) is 28.1. The van der Waals surface area contributed by atoms with Crippen molar-refractivity contribution in [2.75, 3.05) is 0 Å². The molecule has 0 aliphatic carbocycles. The smallest absolute Gasteiger partial charge is 0.143 e. The van der Waals surface area contributed by atoms with E-state index >= 15 is 0 Å². The largest absolute Gasteiger partial charge is 0.455 e. The number of furan rings is 1. The predicted octanol–water partition coefficient (Wildman–Crippen LogP) is 16.0. The monoisotopic (exact) mass is 726 g/mol. The summed E-state index contributed by atoms with van der Waals surface area (Å²) in [4.78, 5) is 0. The SMILES string of the molecule is Cc1ccccc1-c1cc2c(oc3ccccc32)c(-c2cccc(-c3c4ccccc4c(-c4cccc(-c5ccc6ccccc6c5)c4)c4ccccc34)c2)c1C. The van der Waals surface area contributed by atoms with E-state index in [4.69, 9.17) is 4.42 Å². The average molecular weight is 727 g/mol. The van der Waals surface area contributed by atoms with Crippen LogP contribution in [0, 0.1) is 13.8 Å². The molecule has 0 fully saturated rings. The molecule has 1 heteroatoms. The summed E-state index contributed by atoms with van der Waals surface area (Å²) in [5.41, 5.74) is 16.4. The van der Waals surface area contributed by atoms with Gasteiger partial charge in [0.2, 0.25) is 0 Å². The van der Waals surface area contributed by atoms with E-state index in [1.54, 1.807) is 0 Å². The van der Waals surface area contributed by atoms with Gasteiger partial charge < -0.3 is 4.42 Å². The van der Waals surface area contributed by atoms with Crippen LogP contribution >= 0.6 is 0 Å². The van der Waals surface area contributed by atoms with E-state index in [2.05, 4.69) is 208 Å². The van der Waals surface area contributed by atoms with Crippen molar-refractivity contribution in [2.24, 2.45) is 0 Å². The van der Waals surface area contributed by atoms with Crippen LogP contribution in [-0.2, 0) is 0 Å². The zero-order valence-corrected chi connectivity index (χ0v) is 31.9. The maximum atomic E-state index is 6.75. The molecule has 0 bridgehead atoms. The average Bonchev–Trinajstić information content (AvgIpc) is 3.63. The molecule has 268 valence electrons. The van der Waals surface area contributed by atoms with Gasteiger partial charge in [-0.15, -0.1) is 0 Å². The van der Waals surface area contributed by atoms with Gasteiger partial charge in [-0.1, -0.05) is 164 Å². The highest BCUT2D eigenvalue weighted by Gasteiger charge is 2.22. The number of aryl methyl sites for hydroxylation is 1. The molecule has 1 aromatic heterocycles. The Hall–Kier alpha value is -7.22. The van der Waals surface area contributed by atoms with Crippen molar-refractivity contribution in [3.63, 3.8) is 0 Å². The summed E-state index contributed by atoms with van der Waals surface area (Å²) < 4.78 is 6.75. The fraction of sp³-hybridized carbons (Fsp3) is 0.0357. The van der Waals surface area contributed by atoms with Gasteiger partial charge in [-0.3, -0.25) is 0 Å². The first-order valence-corrected chi connectivity index (χ1v) is 19.8. The van der Waals surface area contributed by atoms with Crippen LogP contribution < -0.4 is 0 Å². The zero-order valence-electron chi connectivity index (χ0n) is 31.9. The molecular formula is C56H38O. The summed E-state index contributed by atoms with van der Waals surface area (Å²) in [5.74, 6) is 0. The van der Waals surface area contributed by atoms with Crippen LogP contribution in [0.1, 0.15) is 11.1 Å². The molecule has 0 N–H and O–H groups in total. The Morgan fingerprint density at radius 3 is 1.49 bits per heavy atom. The standard InChI is InChI=1S/C56H38O/c1-35-15-3-6-22-44(35)50-34-51-45-23-11-12-28-52(45)57-56(51)53(36(50)2)41-19-14-21-43(33-41)55-48-26-9-7-24-46(48)54(47-25-8-10-27-49(47)55)42-20-13-18-39(32-42)40-30-29-37-16-4-5-17-38(37)31-40/h3-34H,1-2H3. The lowest BCUT2D eigenvalue weighted by atomic mass is 9.84. The first kappa shape index (κ1) is 33.1. The van der Waals surface area contributed by atoms with Crippen molar-refractivity contribution >= 4 is 54.3 Å². The maximum absolute atomic E-state index is 6.75. The minimum atomic E-state index is 0.906. The summed E-state index contributed by atoms with van der Waals surface area (Å²) in [6.07, 6.45) is 0. The van der Waals surface area contributed by atoms with E-state index in [0.29, 0.717) is 0 Å². The Balaban J connectivity index is 1.13. The van der Waals surface area contributed by atoms with Crippen molar-refractivity contribution < 1.29 is 4.42 Å². The summed E-state index contributed by atoms with van der Waals surface area (Å²) >= 11 is 0. The lowest BCUT2D eigenvalue weighted by molar-refractivity contribution is 0.669. The molecule has 11 aromatic rings. The van der Waals surface area contributed by atoms with Gasteiger partial charge in [0.15, 0.2) is 0 Å². The van der Waals surface area contributed by atoms with E-state index in [0.717, 1.165) is 33.1 Å². The molecule has 57 heavy (non-hydrogen) atoms. The Bertz CT molecular complexity index is 3320. The fourth-order valence-electron chi connectivity index (χ4n) is 9.26. The van der Waals surface area contributed by atoms with Crippen molar-refractivity contribution in [1.29, 1.82) is 0 Å². The van der Waals surface area contributed by atoms with Crippen LogP contribution in [-0.4, -0.2) is 0 Å². The van der Waals surface area contributed by atoms with Gasteiger partial charge in [0, 0.05) is 16.3 Å². The molecular weight excluding hydrogens is 689 g/mol. The normalized spacial score (nSPS) is 11.7. The van der Waals surface area contributed by atoms with Gasteiger partial charge in [-0.05, 0) is 138 Å². The van der Waals surface area contributed by atoms with Crippen molar-refractivity contribution in [3.05, 3.63) is 205 Å². The van der Waals surface area contributed by atoms with Gasteiger partial charge in [0.25, 0.3) is 0 Å². The van der Waals surface area contributed by atoms with Crippen LogP contribution in [0.15, 0.2) is 199 Å². The van der Waals surface area contributed by atoms with E-state index in [1.165, 1.54) is 88.0 Å². The number of hydrogen-bond acceptors (Lipinski definition) is 1. The van der Waals surface area contributed by atoms with Crippen LogP contribution in [0.2, 0.25) is 0 Å². The summed E-state index contributed by atoms with van der Waals surface area (Å²) in [5, 5.41) is 9.73. The molecule has 0 spiro atoms. The van der Waals surface area contributed by atoms with E-state index in [-0.39, 0.29) is 0 Å². The Morgan fingerprint density at radius 2 is 0.825 bits per heavy atom. The Labute approximate surface area is 332 Å². The summed E-state index contributed by atoms with van der Waals surface area (Å²) in [7, 11) is 0. The molecule has 0 unspecified atom stereocenters. The highest BCUT2D eigenvalue weighted by atomic mass is 16.3. The number of fused-ring (bicyclic) bond motifs is 6. The predicted molar refractivity (Wildman–Crippen MR) is 243 cm³/mol. The van der Waals surface area contributed by atoms with Gasteiger partial charge in [-0.25, -0.2) is 0 Å². The quantitative estimate of drug-likeness (QED) is 0.161. The van der Waals surface area contributed by atoms with E-state index in [9.17, 15) is 0 Å². The van der Waals surface area contributed by atoms with Crippen LogP contribution in [0.5, 0.6) is 0 Å². The van der Waals surface area contributed by atoms with Crippen LogP contribution in [0.3, 0.4) is 0 Å². The van der Waals surface area contributed by atoms with E-state index in [1.807, 2.05) is 0 Å². The second kappa shape index (κ2) is 13.2. The molecule has 0 aliphatic heterocycles. The van der Waals surface area contributed by atoms with E-state index < -0.39 is 0 Å². The third-order valence-corrected chi connectivity index (χ3v) is 12.0. The van der Waals surface area contributed by atoms with Gasteiger partial charge in [0.1, 0.15) is 11.2 Å². The minimum absolute atomic E-state index is 0.906. The highest BCUT2D eigenvalue weighted by molar-refractivity contribution is 6.22. The third kappa shape index (κ3) is 5.39. The van der Waals surface area contributed by atoms with Crippen LogP contribution in [0.4, 0.5) is 0 Å². The van der Waals surface area contributed by atoms with Crippen molar-refractivity contribution in [1.82, 2.24) is 0 Å². The third-order valence-electron chi connectivity index (χ3n) is 12.0. The highest BCUT2D eigenvalue weighted by Crippen LogP contribution is 2.47. The Kier molecular flexibility index (Phi) is 7.69. The summed E-state index contributed by atoms with van der Waals surface area (Å²) in [6, 6.07) is 70.8. The fourth-order valence-corrected chi connectivity index (χ4v) is 9.26. The van der Waals surface area contributed by atoms with Gasteiger partial charge >= 0.3 is 0 Å². The van der Waals surface area contributed by atoms with Crippen LogP contribution in [0.25, 0.3) is 110 Å². The number of benzene rings is 10. The Morgan fingerprint density at radius 1 is 0.316 bits per heavy atom. The molecule has 1 nitrogen and oxygen atoms in total. The number of para-hydroxylation sites is 1. The lowest BCUT2D eigenvalue weighted by Gasteiger charge is -2.19. The number of rotatable bonds is 5. The lowest BCUT2D eigenvalue weighted by Crippen LogP contribution is -1.94. The molecule has 11 rings (SSSR count). The topological polar surface area (TPSA) is 13.1 Å². The minimum Gasteiger partial charge on any atom is -0.455 e. The molecule has 0 amide bonds.